The van der Waals surface area contributed by atoms with Crippen molar-refractivity contribution in [2.75, 3.05) is 13.7 Å². The van der Waals surface area contributed by atoms with E-state index in [1.807, 2.05) is 48.0 Å². The van der Waals surface area contributed by atoms with Crippen molar-refractivity contribution < 1.29 is 28.8 Å². The second-order valence-electron chi connectivity index (χ2n) is 9.46. The van der Waals surface area contributed by atoms with Crippen molar-refractivity contribution in [1.29, 1.82) is 0 Å². The van der Waals surface area contributed by atoms with E-state index in [1.54, 1.807) is 19.9 Å². The van der Waals surface area contributed by atoms with Crippen LogP contribution in [0.5, 0.6) is 11.5 Å². The van der Waals surface area contributed by atoms with E-state index >= 15 is 0 Å². The largest absolute Gasteiger partial charge is 0.496 e. The molecule has 0 saturated heterocycles. The maximum absolute atomic E-state index is 13.9. The monoisotopic (exact) mass is 501 g/mol. The molecule has 0 amide bonds. The smallest absolute Gasteiger partial charge is 0.382 e. The maximum Gasteiger partial charge on any atom is 0.382 e. The standard InChI is InChI=1S/C29H27NO7/c1-15(2)25(29(33)37-36-16(3)31)19-11-21-23(35-14-19)13-24(34-5)26-27(21)30(4)22-12-18-9-7-6-8-17(18)10-20(22)28(26)32/h6-10,12-13,19H,11,14H2,1-5H3. The van der Waals surface area contributed by atoms with Crippen LogP contribution in [0.25, 0.3) is 32.6 Å². The lowest BCUT2D eigenvalue weighted by molar-refractivity contribution is -0.254. The van der Waals surface area contributed by atoms with Gasteiger partial charge in [-0.2, -0.15) is 0 Å². The third kappa shape index (κ3) is 4.08. The van der Waals surface area contributed by atoms with Crippen LogP contribution in [0, 0.1) is 5.92 Å². The first-order valence-corrected chi connectivity index (χ1v) is 12.0. The number of hydrogen-bond donors (Lipinski definition) is 0. The first-order valence-electron chi connectivity index (χ1n) is 12.0. The van der Waals surface area contributed by atoms with Crippen molar-refractivity contribution in [2.24, 2.45) is 13.0 Å². The normalized spacial score (nSPS) is 14.7. The molecule has 0 aliphatic carbocycles. The zero-order chi connectivity index (χ0) is 26.4. The molecular formula is C29H27NO7. The lowest BCUT2D eigenvalue weighted by Crippen LogP contribution is -2.29. The van der Waals surface area contributed by atoms with Gasteiger partial charge in [0.2, 0.25) is 5.43 Å². The van der Waals surface area contributed by atoms with Gasteiger partial charge >= 0.3 is 11.9 Å². The first-order chi connectivity index (χ1) is 17.7. The lowest BCUT2D eigenvalue weighted by Gasteiger charge is -2.29. The number of ether oxygens (including phenoxy) is 2. The summed E-state index contributed by atoms with van der Waals surface area (Å²) >= 11 is 0. The molecule has 0 saturated carbocycles. The van der Waals surface area contributed by atoms with Gasteiger partial charge in [-0.3, -0.25) is 4.79 Å². The second-order valence-corrected chi connectivity index (χ2v) is 9.46. The molecule has 1 aliphatic heterocycles. The van der Waals surface area contributed by atoms with E-state index in [1.165, 1.54) is 7.11 Å². The number of aromatic nitrogens is 1. The summed E-state index contributed by atoms with van der Waals surface area (Å²) in [7, 11) is 3.45. The summed E-state index contributed by atoms with van der Waals surface area (Å²) in [6.07, 6.45) is 0.415. The molecule has 3 aromatic carbocycles. The lowest BCUT2D eigenvalue weighted by atomic mass is 9.86. The molecule has 4 aromatic rings. The van der Waals surface area contributed by atoms with E-state index in [-0.39, 0.29) is 18.0 Å². The van der Waals surface area contributed by atoms with E-state index < -0.39 is 11.9 Å². The Morgan fingerprint density at radius 3 is 2.38 bits per heavy atom. The Morgan fingerprint density at radius 2 is 1.73 bits per heavy atom. The number of rotatable bonds is 3. The van der Waals surface area contributed by atoms with Crippen molar-refractivity contribution in [1.82, 2.24) is 4.57 Å². The second kappa shape index (κ2) is 9.28. The van der Waals surface area contributed by atoms with Gasteiger partial charge in [-0.05, 0) is 43.2 Å². The minimum absolute atomic E-state index is 0.132. The average Bonchev–Trinajstić information content (AvgIpc) is 2.88. The fraction of sp³-hybridized carbons (Fsp3) is 0.276. The number of nitrogens with zero attached hydrogens (tertiary/aromatic N) is 1. The van der Waals surface area contributed by atoms with Crippen LogP contribution in [0.3, 0.4) is 0 Å². The molecule has 1 atom stereocenters. The highest BCUT2D eigenvalue weighted by molar-refractivity contribution is 6.04. The van der Waals surface area contributed by atoms with Crippen LogP contribution in [0.4, 0.5) is 0 Å². The first kappa shape index (κ1) is 24.4. The fourth-order valence-electron chi connectivity index (χ4n) is 5.28. The van der Waals surface area contributed by atoms with Crippen LogP contribution in [0.1, 0.15) is 26.3 Å². The average molecular weight is 502 g/mol. The Hall–Kier alpha value is -4.33. The summed E-state index contributed by atoms with van der Waals surface area (Å²) in [5.41, 5.74) is 3.22. The van der Waals surface area contributed by atoms with Crippen molar-refractivity contribution in [3.05, 3.63) is 69.4 Å². The van der Waals surface area contributed by atoms with Crippen LogP contribution in [0.15, 0.2) is 58.4 Å². The summed E-state index contributed by atoms with van der Waals surface area (Å²) in [5, 5.41) is 3.05. The summed E-state index contributed by atoms with van der Waals surface area (Å²) in [6, 6.07) is 13.6. The molecule has 2 heterocycles. The molecule has 0 bridgehead atoms. The van der Waals surface area contributed by atoms with Crippen LogP contribution in [-0.4, -0.2) is 30.2 Å². The highest BCUT2D eigenvalue weighted by atomic mass is 17.2. The van der Waals surface area contributed by atoms with Gasteiger partial charge in [-0.15, -0.1) is 0 Å². The Morgan fingerprint density at radius 1 is 1.03 bits per heavy atom. The van der Waals surface area contributed by atoms with E-state index in [0.29, 0.717) is 39.8 Å². The van der Waals surface area contributed by atoms with Gasteiger partial charge < -0.3 is 14.0 Å². The number of aryl methyl sites for hydroxylation is 1. The molecule has 0 N–H and O–H groups in total. The predicted octanol–water partition coefficient (Wildman–Crippen LogP) is 4.76. The highest BCUT2D eigenvalue weighted by Crippen LogP contribution is 2.41. The molecule has 8 nitrogen and oxygen atoms in total. The van der Waals surface area contributed by atoms with E-state index in [4.69, 9.17) is 14.4 Å². The maximum atomic E-state index is 13.9. The van der Waals surface area contributed by atoms with Crippen LogP contribution < -0.4 is 14.9 Å². The van der Waals surface area contributed by atoms with Gasteiger partial charge in [-0.25, -0.2) is 19.4 Å². The number of carbonyl (C=O) groups excluding carboxylic acids is 2. The third-order valence-corrected chi connectivity index (χ3v) is 6.87. The molecule has 1 aliphatic rings. The molecule has 190 valence electrons. The Labute approximate surface area is 212 Å². The molecular weight excluding hydrogens is 474 g/mol. The Bertz CT molecular complexity index is 1690. The summed E-state index contributed by atoms with van der Waals surface area (Å²) in [6.45, 7) is 4.95. The molecule has 5 rings (SSSR count). The molecule has 0 spiro atoms. The number of fused-ring (bicyclic) bond motifs is 5. The van der Waals surface area contributed by atoms with Crippen LogP contribution in [-0.2, 0) is 32.8 Å². The molecule has 0 radical (unpaired) electrons. The van der Waals surface area contributed by atoms with Crippen molar-refractivity contribution >= 4 is 44.5 Å². The molecule has 1 unspecified atom stereocenters. The topological polar surface area (TPSA) is 93.1 Å². The molecule has 8 heteroatoms. The Balaban J connectivity index is 1.73. The Kier molecular flexibility index (Phi) is 6.11. The van der Waals surface area contributed by atoms with Gasteiger partial charge in [0.25, 0.3) is 0 Å². The van der Waals surface area contributed by atoms with E-state index in [0.717, 1.165) is 34.3 Å². The number of carbonyl (C=O) groups is 2. The predicted molar refractivity (Wildman–Crippen MR) is 140 cm³/mol. The number of hydrogen-bond acceptors (Lipinski definition) is 7. The number of methoxy groups -OCH3 is 1. The third-order valence-electron chi connectivity index (χ3n) is 6.87. The number of pyridine rings is 1. The van der Waals surface area contributed by atoms with E-state index in [2.05, 4.69) is 4.89 Å². The zero-order valence-corrected chi connectivity index (χ0v) is 21.3. The number of allylic oxidation sites excluding steroid dienone is 1. The van der Waals surface area contributed by atoms with E-state index in [9.17, 15) is 14.4 Å². The minimum Gasteiger partial charge on any atom is -0.496 e. The van der Waals surface area contributed by atoms with Crippen molar-refractivity contribution in [2.45, 2.75) is 27.2 Å². The van der Waals surface area contributed by atoms with Crippen molar-refractivity contribution in [3.63, 3.8) is 0 Å². The van der Waals surface area contributed by atoms with Gasteiger partial charge in [0, 0.05) is 42.5 Å². The van der Waals surface area contributed by atoms with Gasteiger partial charge in [-0.1, -0.05) is 29.8 Å². The van der Waals surface area contributed by atoms with Gasteiger partial charge in [0.1, 0.15) is 11.5 Å². The highest BCUT2D eigenvalue weighted by Gasteiger charge is 2.33. The molecule has 37 heavy (non-hydrogen) atoms. The van der Waals surface area contributed by atoms with Gasteiger partial charge in [0.05, 0.1) is 30.1 Å². The molecule has 0 fully saturated rings. The van der Waals surface area contributed by atoms with Crippen molar-refractivity contribution in [3.8, 4) is 11.5 Å². The fourth-order valence-corrected chi connectivity index (χ4v) is 5.28. The van der Waals surface area contributed by atoms with Gasteiger partial charge in [0.15, 0.2) is 0 Å². The van der Waals surface area contributed by atoms with Crippen LogP contribution >= 0.6 is 0 Å². The zero-order valence-electron chi connectivity index (χ0n) is 21.3. The quantitative estimate of drug-likeness (QED) is 0.173. The van der Waals surface area contributed by atoms with Crippen LogP contribution in [0.2, 0.25) is 0 Å². The molecule has 1 aromatic heterocycles. The SMILES string of the molecule is COc1cc2c(c3c1c(=O)c1cc4ccccc4cc1n3C)CC(C(C(=O)OOC(C)=O)=C(C)C)CO2. The summed E-state index contributed by atoms with van der Waals surface area (Å²) < 4.78 is 13.8. The minimum atomic E-state index is -0.740. The number of benzene rings is 3. The summed E-state index contributed by atoms with van der Waals surface area (Å²) in [4.78, 5) is 47.1. The summed E-state index contributed by atoms with van der Waals surface area (Å²) in [5.74, 6) is -0.814.